The number of hydrogen-bond acceptors (Lipinski definition) is 2. The highest BCUT2D eigenvalue weighted by Crippen LogP contribution is 2.20. The van der Waals surface area contributed by atoms with E-state index in [0.29, 0.717) is 5.56 Å². The van der Waals surface area contributed by atoms with Crippen LogP contribution in [0.4, 0.5) is 0 Å². The van der Waals surface area contributed by atoms with Crippen LogP contribution in [0.15, 0.2) is 51.7 Å². The minimum atomic E-state index is -0.117. The molecule has 0 aliphatic heterocycles. The Kier molecular flexibility index (Phi) is 5.31. The summed E-state index contributed by atoms with van der Waals surface area (Å²) in [7, 11) is 0. The summed E-state index contributed by atoms with van der Waals surface area (Å²) in [5.41, 5.74) is 1.64. The van der Waals surface area contributed by atoms with Crippen molar-refractivity contribution in [2.75, 3.05) is 0 Å². The van der Waals surface area contributed by atoms with Crippen LogP contribution in [0.25, 0.3) is 0 Å². The van der Waals surface area contributed by atoms with E-state index in [9.17, 15) is 4.79 Å². The molecule has 1 amide bonds. The summed E-state index contributed by atoms with van der Waals surface area (Å²) in [6.45, 7) is 2.05. The van der Waals surface area contributed by atoms with E-state index in [1.165, 1.54) is 0 Å². The van der Waals surface area contributed by atoms with Crippen molar-refractivity contribution in [3.8, 4) is 0 Å². The van der Waals surface area contributed by atoms with E-state index >= 15 is 0 Å². The number of benzene rings is 1. The molecular formula is C15H14Br2N2O. The van der Waals surface area contributed by atoms with Crippen molar-refractivity contribution in [3.63, 3.8) is 0 Å². The monoisotopic (exact) mass is 396 g/mol. The standard InChI is InChI=1S/C15H14Br2N2O/c1-2-14(10-3-5-12(16)6-4-10)19-15(20)11-7-13(17)9-18-8-11/h3-9,14H,2H2,1H3,(H,19,20). The van der Waals surface area contributed by atoms with E-state index in [2.05, 4.69) is 42.2 Å². The van der Waals surface area contributed by atoms with Crippen LogP contribution < -0.4 is 5.32 Å². The van der Waals surface area contributed by atoms with Gasteiger partial charge in [-0.05, 0) is 46.1 Å². The number of hydrogen-bond donors (Lipinski definition) is 1. The lowest BCUT2D eigenvalue weighted by Gasteiger charge is -2.17. The van der Waals surface area contributed by atoms with Crippen molar-refractivity contribution in [3.05, 3.63) is 62.8 Å². The highest BCUT2D eigenvalue weighted by Gasteiger charge is 2.14. The van der Waals surface area contributed by atoms with Crippen molar-refractivity contribution in [2.24, 2.45) is 0 Å². The predicted molar refractivity (Wildman–Crippen MR) is 86.6 cm³/mol. The maximum Gasteiger partial charge on any atom is 0.253 e. The first kappa shape index (κ1) is 15.2. The fourth-order valence-corrected chi connectivity index (χ4v) is 2.52. The molecule has 5 heteroatoms. The third kappa shape index (κ3) is 3.90. The van der Waals surface area contributed by atoms with Crippen LogP contribution in [-0.4, -0.2) is 10.9 Å². The summed E-state index contributed by atoms with van der Waals surface area (Å²) in [5.74, 6) is -0.117. The number of amides is 1. The lowest BCUT2D eigenvalue weighted by atomic mass is 10.0. The molecule has 0 saturated carbocycles. The number of carbonyl (C=O) groups is 1. The van der Waals surface area contributed by atoms with Crippen LogP contribution in [0.5, 0.6) is 0 Å². The topological polar surface area (TPSA) is 42.0 Å². The first-order valence-corrected chi connectivity index (χ1v) is 7.85. The van der Waals surface area contributed by atoms with Crippen LogP contribution in [0.1, 0.15) is 35.3 Å². The maximum absolute atomic E-state index is 12.2. The van der Waals surface area contributed by atoms with Crippen LogP contribution in [0.2, 0.25) is 0 Å². The fourth-order valence-electron chi connectivity index (χ4n) is 1.89. The normalized spacial score (nSPS) is 11.9. The van der Waals surface area contributed by atoms with Gasteiger partial charge in [-0.3, -0.25) is 9.78 Å². The molecule has 1 aromatic carbocycles. The number of aromatic nitrogens is 1. The van der Waals surface area contributed by atoms with E-state index < -0.39 is 0 Å². The second-order valence-corrected chi connectivity index (χ2v) is 6.21. The summed E-state index contributed by atoms with van der Waals surface area (Å²) in [6.07, 6.45) is 4.05. The minimum Gasteiger partial charge on any atom is -0.345 e. The van der Waals surface area contributed by atoms with Crippen LogP contribution in [0.3, 0.4) is 0 Å². The average Bonchev–Trinajstić information content (AvgIpc) is 2.45. The summed E-state index contributed by atoms with van der Waals surface area (Å²) in [6, 6.07) is 9.73. The SMILES string of the molecule is CCC(NC(=O)c1cncc(Br)c1)c1ccc(Br)cc1. The Hall–Kier alpha value is -1.20. The molecule has 0 bridgehead atoms. The zero-order valence-electron chi connectivity index (χ0n) is 10.9. The van der Waals surface area contributed by atoms with Gasteiger partial charge in [-0.15, -0.1) is 0 Å². The van der Waals surface area contributed by atoms with Gasteiger partial charge in [0.15, 0.2) is 0 Å². The number of carbonyl (C=O) groups excluding carboxylic acids is 1. The Labute approximate surface area is 135 Å². The number of halogens is 2. The highest BCUT2D eigenvalue weighted by molar-refractivity contribution is 9.10. The molecule has 1 unspecified atom stereocenters. The molecule has 0 aliphatic rings. The molecule has 1 N–H and O–H groups in total. The Balaban J connectivity index is 2.14. The van der Waals surface area contributed by atoms with E-state index in [4.69, 9.17) is 0 Å². The summed E-state index contributed by atoms with van der Waals surface area (Å²) in [4.78, 5) is 16.2. The number of pyridine rings is 1. The van der Waals surface area contributed by atoms with Crippen molar-refractivity contribution in [2.45, 2.75) is 19.4 Å². The molecule has 1 heterocycles. The molecule has 0 saturated heterocycles. The fraction of sp³-hybridized carbons (Fsp3) is 0.200. The summed E-state index contributed by atoms with van der Waals surface area (Å²) >= 11 is 6.73. The Morgan fingerprint density at radius 2 is 1.90 bits per heavy atom. The smallest absolute Gasteiger partial charge is 0.253 e. The van der Waals surface area contributed by atoms with Crippen molar-refractivity contribution in [1.82, 2.24) is 10.3 Å². The molecule has 20 heavy (non-hydrogen) atoms. The molecule has 1 atom stereocenters. The second kappa shape index (κ2) is 6.99. The van der Waals surface area contributed by atoms with E-state index in [1.807, 2.05) is 31.2 Å². The molecule has 0 radical (unpaired) electrons. The molecule has 2 rings (SSSR count). The van der Waals surface area contributed by atoms with Gasteiger partial charge < -0.3 is 5.32 Å². The molecule has 0 aliphatic carbocycles. The van der Waals surface area contributed by atoms with Crippen molar-refractivity contribution >= 4 is 37.8 Å². The maximum atomic E-state index is 12.2. The Morgan fingerprint density at radius 3 is 2.50 bits per heavy atom. The summed E-state index contributed by atoms with van der Waals surface area (Å²) < 4.78 is 1.82. The van der Waals surface area contributed by atoms with E-state index in [1.54, 1.807) is 18.5 Å². The molecule has 104 valence electrons. The molecule has 3 nitrogen and oxygen atoms in total. The Morgan fingerprint density at radius 1 is 1.20 bits per heavy atom. The predicted octanol–water partition coefficient (Wildman–Crippen LogP) is 4.49. The lowest BCUT2D eigenvalue weighted by Crippen LogP contribution is -2.28. The largest absolute Gasteiger partial charge is 0.345 e. The molecule has 0 spiro atoms. The number of rotatable bonds is 4. The average molecular weight is 398 g/mol. The van der Waals surface area contributed by atoms with Crippen molar-refractivity contribution in [1.29, 1.82) is 0 Å². The molecule has 1 aromatic heterocycles. The Bertz CT molecular complexity index is 599. The lowest BCUT2D eigenvalue weighted by molar-refractivity contribution is 0.0935. The van der Waals surface area contributed by atoms with Gasteiger partial charge in [0.2, 0.25) is 0 Å². The van der Waals surface area contributed by atoms with Gasteiger partial charge >= 0.3 is 0 Å². The van der Waals surface area contributed by atoms with Gasteiger partial charge in [-0.1, -0.05) is 35.0 Å². The highest BCUT2D eigenvalue weighted by atomic mass is 79.9. The third-order valence-corrected chi connectivity index (χ3v) is 3.92. The first-order chi connectivity index (χ1) is 9.60. The zero-order chi connectivity index (χ0) is 14.5. The van der Waals surface area contributed by atoms with Gasteiger partial charge in [-0.25, -0.2) is 0 Å². The molecule has 2 aromatic rings. The zero-order valence-corrected chi connectivity index (χ0v) is 14.1. The number of nitrogens with zero attached hydrogens (tertiary/aromatic N) is 1. The van der Waals surface area contributed by atoms with Crippen molar-refractivity contribution < 1.29 is 4.79 Å². The van der Waals surface area contributed by atoms with E-state index in [-0.39, 0.29) is 11.9 Å². The van der Waals surface area contributed by atoms with Crippen LogP contribution >= 0.6 is 31.9 Å². The quantitative estimate of drug-likeness (QED) is 0.825. The van der Waals surface area contributed by atoms with Gasteiger partial charge in [0.05, 0.1) is 11.6 Å². The third-order valence-electron chi connectivity index (χ3n) is 2.95. The molecular weight excluding hydrogens is 384 g/mol. The van der Waals surface area contributed by atoms with Gasteiger partial charge in [0, 0.05) is 21.3 Å². The second-order valence-electron chi connectivity index (χ2n) is 4.38. The van der Waals surface area contributed by atoms with Crippen LogP contribution in [0, 0.1) is 0 Å². The van der Waals surface area contributed by atoms with Gasteiger partial charge in [0.25, 0.3) is 5.91 Å². The molecule has 0 fully saturated rings. The summed E-state index contributed by atoms with van der Waals surface area (Å²) in [5, 5.41) is 3.03. The number of nitrogens with one attached hydrogen (secondary N) is 1. The van der Waals surface area contributed by atoms with Gasteiger partial charge in [0.1, 0.15) is 0 Å². The van der Waals surface area contributed by atoms with Crippen LogP contribution in [-0.2, 0) is 0 Å². The van der Waals surface area contributed by atoms with Gasteiger partial charge in [-0.2, -0.15) is 0 Å². The minimum absolute atomic E-state index is 0.00502. The first-order valence-electron chi connectivity index (χ1n) is 6.27. The van der Waals surface area contributed by atoms with E-state index in [0.717, 1.165) is 20.9 Å².